The summed E-state index contributed by atoms with van der Waals surface area (Å²) in [7, 11) is -1.25. The van der Waals surface area contributed by atoms with E-state index in [1.165, 1.54) is 6.26 Å². The molecular formula is C17H33IN4O4S. The fraction of sp³-hybridized carbons (Fsp3) is 0.941. The van der Waals surface area contributed by atoms with Gasteiger partial charge in [0.25, 0.3) is 0 Å². The number of hydrogen-bond acceptors (Lipinski definition) is 5. The third kappa shape index (κ3) is 6.41. The molecule has 0 saturated carbocycles. The molecule has 0 spiro atoms. The number of hydrogen-bond donors (Lipinski definition) is 1. The minimum Gasteiger partial charge on any atom is -0.375 e. The van der Waals surface area contributed by atoms with Crippen LogP contribution in [-0.2, 0) is 19.5 Å². The summed E-state index contributed by atoms with van der Waals surface area (Å²) in [5.74, 6) is 1.38. The average Bonchev–Trinajstić information content (AvgIpc) is 3.17. The summed E-state index contributed by atoms with van der Waals surface area (Å²) in [5.41, 5.74) is 0. The molecule has 2 unspecified atom stereocenters. The molecule has 3 rings (SSSR count). The molecule has 0 aromatic heterocycles. The summed E-state index contributed by atoms with van der Waals surface area (Å²) < 4.78 is 36.5. The maximum absolute atomic E-state index is 11.6. The lowest BCUT2D eigenvalue weighted by Gasteiger charge is -2.38. The van der Waals surface area contributed by atoms with Crippen molar-refractivity contribution in [2.24, 2.45) is 10.9 Å². The summed E-state index contributed by atoms with van der Waals surface area (Å²) in [4.78, 5) is 6.69. The Labute approximate surface area is 180 Å². The number of guanidine groups is 1. The molecule has 3 saturated heterocycles. The minimum absolute atomic E-state index is 0. The van der Waals surface area contributed by atoms with Gasteiger partial charge in [-0.15, -0.1) is 24.0 Å². The highest BCUT2D eigenvalue weighted by molar-refractivity contribution is 14.0. The molecule has 158 valence electrons. The minimum atomic E-state index is -3.06. The molecule has 0 bridgehead atoms. The summed E-state index contributed by atoms with van der Waals surface area (Å²) in [6, 6.07) is 0. The molecule has 0 amide bonds. The lowest BCUT2D eigenvalue weighted by atomic mass is 9.98. The predicted octanol–water partition coefficient (Wildman–Crippen LogP) is 0.731. The van der Waals surface area contributed by atoms with Crippen LogP contribution in [-0.4, -0.2) is 95.0 Å². The van der Waals surface area contributed by atoms with E-state index in [1.54, 1.807) is 4.31 Å². The van der Waals surface area contributed by atoms with Crippen molar-refractivity contribution in [1.82, 2.24) is 14.5 Å². The molecule has 8 nitrogen and oxygen atoms in total. The second-order valence-electron chi connectivity index (χ2n) is 7.44. The lowest BCUT2D eigenvalue weighted by molar-refractivity contribution is -0.0817. The second-order valence-corrected chi connectivity index (χ2v) is 9.42. The Kier molecular flexibility index (Phi) is 9.04. The highest BCUT2D eigenvalue weighted by Crippen LogP contribution is 2.21. The standard InChI is InChI=1S/C17H32N4O4S.HI/c1-18-17(19-12-14-5-7-21(8-6-14)26(2,22)23)20-9-11-25-16(13-20)15-4-3-10-24-15;/h14-16H,3-13H2,1-2H3,(H,18,19);1H. The van der Waals surface area contributed by atoms with E-state index in [1.807, 2.05) is 7.05 Å². The molecule has 2 atom stereocenters. The van der Waals surface area contributed by atoms with Crippen LogP contribution in [0.2, 0.25) is 0 Å². The van der Waals surface area contributed by atoms with Gasteiger partial charge in [0.1, 0.15) is 6.10 Å². The Morgan fingerprint density at radius 1 is 1.11 bits per heavy atom. The number of aliphatic imine (C=N–C) groups is 1. The van der Waals surface area contributed by atoms with Crippen LogP contribution in [0.25, 0.3) is 0 Å². The van der Waals surface area contributed by atoms with Crippen LogP contribution in [0.5, 0.6) is 0 Å². The molecule has 27 heavy (non-hydrogen) atoms. The van der Waals surface area contributed by atoms with E-state index in [0.29, 0.717) is 25.6 Å². The van der Waals surface area contributed by atoms with Crippen molar-refractivity contribution < 1.29 is 17.9 Å². The zero-order valence-electron chi connectivity index (χ0n) is 16.3. The normalized spacial score (nSPS) is 28.8. The number of rotatable bonds is 4. The van der Waals surface area contributed by atoms with Crippen molar-refractivity contribution >= 4 is 40.0 Å². The van der Waals surface area contributed by atoms with E-state index in [2.05, 4.69) is 15.2 Å². The van der Waals surface area contributed by atoms with Gasteiger partial charge in [-0.1, -0.05) is 0 Å². The molecule has 0 radical (unpaired) electrons. The first kappa shape index (κ1) is 23.1. The maximum atomic E-state index is 11.6. The van der Waals surface area contributed by atoms with E-state index in [0.717, 1.165) is 57.9 Å². The van der Waals surface area contributed by atoms with Gasteiger partial charge in [0, 0.05) is 46.4 Å². The zero-order chi connectivity index (χ0) is 18.6. The fourth-order valence-corrected chi connectivity index (χ4v) is 4.88. The number of morpholine rings is 1. The van der Waals surface area contributed by atoms with Gasteiger partial charge in [0.2, 0.25) is 10.0 Å². The Balaban J connectivity index is 0.00000261. The molecule has 0 aromatic rings. The van der Waals surface area contributed by atoms with Crippen LogP contribution < -0.4 is 5.32 Å². The van der Waals surface area contributed by atoms with Crippen molar-refractivity contribution in [2.45, 2.75) is 37.9 Å². The molecule has 3 aliphatic heterocycles. The first-order chi connectivity index (χ1) is 12.5. The van der Waals surface area contributed by atoms with Gasteiger partial charge < -0.3 is 19.7 Å². The molecule has 10 heteroatoms. The number of sulfonamides is 1. The Morgan fingerprint density at radius 2 is 1.81 bits per heavy atom. The van der Waals surface area contributed by atoms with Crippen LogP contribution in [0.1, 0.15) is 25.7 Å². The first-order valence-corrected chi connectivity index (χ1v) is 11.5. The number of halogens is 1. The summed E-state index contributed by atoms with van der Waals surface area (Å²) >= 11 is 0. The molecule has 3 aliphatic rings. The van der Waals surface area contributed by atoms with Gasteiger partial charge in [-0.05, 0) is 31.6 Å². The summed E-state index contributed by atoms with van der Waals surface area (Å²) in [5, 5.41) is 3.49. The van der Waals surface area contributed by atoms with Crippen LogP contribution >= 0.6 is 24.0 Å². The van der Waals surface area contributed by atoms with Crippen molar-refractivity contribution in [3.05, 3.63) is 0 Å². The molecule has 0 aliphatic carbocycles. The number of nitrogens with zero attached hydrogens (tertiary/aromatic N) is 3. The SMILES string of the molecule is CN=C(NCC1CCN(S(C)(=O)=O)CC1)N1CCOC(C2CCCO2)C1.I. The third-order valence-electron chi connectivity index (χ3n) is 5.58. The van der Waals surface area contributed by atoms with Crippen molar-refractivity contribution in [3.8, 4) is 0 Å². The number of ether oxygens (including phenoxy) is 2. The third-order valence-corrected chi connectivity index (χ3v) is 6.88. The number of nitrogens with one attached hydrogen (secondary N) is 1. The van der Waals surface area contributed by atoms with Gasteiger partial charge in [-0.3, -0.25) is 4.99 Å². The van der Waals surface area contributed by atoms with Crippen LogP contribution in [0, 0.1) is 5.92 Å². The van der Waals surface area contributed by atoms with Crippen molar-refractivity contribution in [2.75, 3.05) is 59.2 Å². The van der Waals surface area contributed by atoms with Crippen LogP contribution in [0.4, 0.5) is 0 Å². The quantitative estimate of drug-likeness (QED) is 0.337. The van der Waals surface area contributed by atoms with E-state index >= 15 is 0 Å². The van der Waals surface area contributed by atoms with E-state index < -0.39 is 10.0 Å². The molecular weight excluding hydrogens is 483 g/mol. The molecule has 1 N–H and O–H groups in total. The van der Waals surface area contributed by atoms with Crippen molar-refractivity contribution in [3.63, 3.8) is 0 Å². The average molecular weight is 516 g/mol. The van der Waals surface area contributed by atoms with Crippen LogP contribution in [0.15, 0.2) is 4.99 Å². The maximum Gasteiger partial charge on any atom is 0.211 e. The van der Waals surface area contributed by atoms with E-state index in [-0.39, 0.29) is 36.2 Å². The highest BCUT2D eigenvalue weighted by Gasteiger charge is 2.32. The van der Waals surface area contributed by atoms with Crippen molar-refractivity contribution in [1.29, 1.82) is 0 Å². The molecule has 3 fully saturated rings. The molecule has 3 heterocycles. The van der Waals surface area contributed by atoms with E-state index in [9.17, 15) is 8.42 Å². The summed E-state index contributed by atoms with van der Waals surface area (Å²) in [6.45, 7) is 5.21. The van der Waals surface area contributed by atoms with E-state index in [4.69, 9.17) is 9.47 Å². The molecule has 0 aromatic carbocycles. The second kappa shape index (κ2) is 10.6. The van der Waals surface area contributed by atoms with Gasteiger partial charge in [0.15, 0.2) is 5.96 Å². The van der Waals surface area contributed by atoms with Gasteiger partial charge >= 0.3 is 0 Å². The largest absolute Gasteiger partial charge is 0.375 e. The Bertz CT molecular complexity index is 590. The number of piperidine rings is 1. The first-order valence-electron chi connectivity index (χ1n) is 9.61. The Hall–Kier alpha value is -0.170. The highest BCUT2D eigenvalue weighted by atomic mass is 127. The zero-order valence-corrected chi connectivity index (χ0v) is 19.4. The summed E-state index contributed by atoms with van der Waals surface area (Å²) in [6.07, 6.45) is 5.57. The van der Waals surface area contributed by atoms with Gasteiger partial charge in [-0.25, -0.2) is 12.7 Å². The Morgan fingerprint density at radius 3 is 2.41 bits per heavy atom. The van der Waals surface area contributed by atoms with Gasteiger partial charge in [-0.2, -0.15) is 0 Å². The topological polar surface area (TPSA) is 83.5 Å². The van der Waals surface area contributed by atoms with Gasteiger partial charge in [0.05, 0.1) is 19.0 Å². The van der Waals surface area contributed by atoms with Crippen LogP contribution in [0.3, 0.4) is 0 Å². The monoisotopic (exact) mass is 516 g/mol. The predicted molar refractivity (Wildman–Crippen MR) is 116 cm³/mol. The lowest BCUT2D eigenvalue weighted by Crippen LogP contribution is -2.54. The fourth-order valence-electron chi connectivity index (χ4n) is 4.00. The smallest absolute Gasteiger partial charge is 0.211 e.